The first-order chi connectivity index (χ1) is 10.6. The first-order valence-corrected chi connectivity index (χ1v) is 8.58. The number of thioether (sulfide) groups is 1. The Hall–Kier alpha value is -0.960. The lowest BCUT2D eigenvalue weighted by Crippen LogP contribution is -2.50. The van der Waals surface area contributed by atoms with E-state index in [-0.39, 0.29) is 28.7 Å². The average molecular weight is 445 g/mol. The van der Waals surface area contributed by atoms with Crippen molar-refractivity contribution in [1.82, 2.24) is 19.6 Å². The highest BCUT2D eigenvalue weighted by molar-refractivity contribution is 14.0. The molecule has 7 heteroatoms. The van der Waals surface area contributed by atoms with Crippen molar-refractivity contribution in [2.24, 2.45) is 4.99 Å². The lowest BCUT2D eigenvalue weighted by molar-refractivity contribution is 0.375. The van der Waals surface area contributed by atoms with Crippen molar-refractivity contribution < 1.29 is 0 Å². The molecule has 0 unspecified atom stereocenters. The molecule has 23 heavy (non-hydrogen) atoms. The van der Waals surface area contributed by atoms with E-state index in [1.165, 1.54) is 0 Å². The molecule has 3 heterocycles. The van der Waals surface area contributed by atoms with Crippen molar-refractivity contribution >= 4 is 47.3 Å². The van der Waals surface area contributed by atoms with Gasteiger partial charge in [-0.05, 0) is 26.0 Å². The lowest BCUT2D eigenvalue weighted by atomic mass is 10.2. The monoisotopic (exact) mass is 445 g/mol. The molecule has 3 rings (SSSR count). The second-order valence-electron chi connectivity index (χ2n) is 6.13. The molecule has 2 aromatic rings. The summed E-state index contributed by atoms with van der Waals surface area (Å²) in [6.07, 6.45) is 4.08. The first kappa shape index (κ1) is 18.4. The number of aliphatic imine (C=N–C) groups is 1. The summed E-state index contributed by atoms with van der Waals surface area (Å²) in [5, 5.41) is 3.44. The smallest absolute Gasteiger partial charge is 0.194 e. The number of aromatic nitrogens is 2. The normalized spacial score (nSPS) is 17.9. The fraction of sp³-hybridized carbons (Fsp3) is 0.500. The van der Waals surface area contributed by atoms with Crippen molar-refractivity contribution in [3.63, 3.8) is 0 Å². The second-order valence-corrected chi connectivity index (χ2v) is 7.93. The van der Waals surface area contributed by atoms with E-state index >= 15 is 0 Å². The van der Waals surface area contributed by atoms with Gasteiger partial charge >= 0.3 is 0 Å². The molecule has 0 aliphatic carbocycles. The molecule has 0 saturated carbocycles. The van der Waals surface area contributed by atoms with Gasteiger partial charge in [0.05, 0.1) is 12.2 Å². The summed E-state index contributed by atoms with van der Waals surface area (Å²) in [5.41, 5.74) is 2.00. The highest BCUT2D eigenvalue weighted by Gasteiger charge is 2.28. The Morgan fingerprint density at radius 2 is 2.26 bits per heavy atom. The van der Waals surface area contributed by atoms with Gasteiger partial charge in [0, 0.05) is 43.0 Å². The minimum atomic E-state index is 0. The maximum atomic E-state index is 4.62. The third kappa shape index (κ3) is 4.53. The zero-order valence-corrected chi connectivity index (χ0v) is 17.0. The number of nitrogens with one attached hydrogen (secondary N) is 1. The number of nitrogens with zero attached hydrogens (tertiary/aromatic N) is 4. The second kappa shape index (κ2) is 7.74. The van der Waals surface area contributed by atoms with E-state index in [2.05, 4.69) is 40.2 Å². The van der Waals surface area contributed by atoms with Gasteiger partial charge in [-0.3, -0.25) is 4.99 Å². The number of hydrogen-bond donors (Lipinski definition) is 1. The van der Waals surface area contributed by atoms with E-state index in [9.17, 15) is 0 Å². The SMILES string of the molecule is CN=C(NCc1cn2ccccc2n1)N1CCSC(C)(C)C1.I. The summed E-state index contributed by atoms with van der Waals surface area (Å²) >= 11 is 2.03. The van der Waals surface area contributed by atoms with Crippen LogP contribution in [0.3, 0.4) is 0 Å². The zero-order valence-electron chi connectivity index (χ0n) is 13.8. The van der Waals surface area contributed by atoms with E-state index < -0.39 is 0 Å². The van der Waals surface area contributed by atoms with Crippen LogP contribution in [0.25, 0.3) is 5.65 Å². The van der Waals surface area contributed by atoms with Gasteiger partial charge in [-0.2, -0.15) is 11.8 Å². The minimum Gasteiger partial charge on any atom is -0.351 e. The van der Waals surface area contributed by atoms with Crippen LogP contribution >= 0.6 is 35.7 Å². The van der Waals surface area contributed by atoms with Crippen molar-refractivity contribution in [1.29, 1.82) is 0 Å². The maximum Gasteiger partial charge on any atom is 0.194 e. The number of hydrogen-bond acceptors (Lipinski definition) is 3. The van der Waals surface area contributed by atoms with Crippen LogP contribution in [0, 0.1) is 0 Å². The molecule has 0 spiro atoms. The van der Waals surface area contributed by atoms with Crippen LogP contribution in [-0.4, -0.2) is 50.9 Å². The summed E-state index contributed by atoms with van der Waals surface area (Å²) in [6, 6.07) is 6.03. The Labute approximate surface area is 159 Å². The Morgan fingerprint density at radius 3 is 2.96 bits per heavy atom. The molecule has 1 N–H and O–H groups in total. The molecule has 1 saturated heterocycles. The molecule has 1 aliphatic heterocycles. The average Bonchev–Trinajstić information content (AvgIpc) is 2.89. The van der Waals surface area contributed by atoms with Crippen molar-refractivity contribution in [2.75, 3.05) is 25.9 Å². The Kier molecular flexibility index (Phi) is 6.19. The minimum absolute atomic E-state index is 0. The van der Waals surface area contributed by atoms with Gasteiger partial charge in [-0.1, -0.05) is 6.07 Å². The number of imidazole rings is 1. The Morgan fingerprint density at radius 1 is 1.43 bits per heavy atom. The molecule has 126 valence electrons. The fourth-order valence-electron chi connectivity index (χ4n) is 2.77. The molecule has 0 atom stereocenters. The first-order valence-electron chi connectivity index (χ1n) is 7.59. The van der Waals surface area contributed by atoms with E-state index in [4.69, 9.17) is 0 Å². The molecule has 1 aliphatic rings. The predicted molar refractivity (Wildman–Crippen MR) is 109 cm³/mol. The van der Waals surface area contributed by atoms with Gasteiger partial charge in [0.2, 0.25) is 0 Å². The van der Waals surface area contributed by atoms with Crippen molar-refractivity contribution in [2.45, 2.75) is 25.1 Å². The number of pyridine rings is 1. The van der Waals surface area contributed by atoms with Gasteiger partial charge in [0.15, 0.2) is 5.96 Å². The summed E-state index contributed by atoms with van der Waals surface area (Å²) in [4.78, 5) is 11.4. The van der Waals surface area contributed by atoms with E-state index in [0.29, 0.717) is 6.54 Å². The quantitative estimate of drug-likeness (QED) is 0.439. The molecule has 5 nitrogen and oxygen atoms in total. The molecule has 2 aromatic heterocycles. The fourth-order valence-corrected chi connectivity index (χ4v) is 3.88. The highest BCUT2D eigenvalue weighted by atomic mass is 127. The van der Waals surface area contributed by atoms with E-state index in [0.717, 1.165) is 36.1 Å². The third-order valence-electron chi connectivity index (χ3n) is 3.78. The Balaban J connectivity index is 0.00000192. The molecule has 0 bridgehead atoms. The van der Waals surface area contributed by atoms with Gasteiger partial charge in [0.25, 0.3) is 0 Å². The van der Waals surface area contributed by atoms with E-state index in [1.54, 1.807) is 0 Å². The largest absolute Gasteiger partial charge is 0.351 e. The van der Waals surface area contributed by atoms with Crippen molar-refractivity contribution in [3.8, 4) is 0 Å². The van der Waals surface area contributed by atoms with Crippen LogP contribution in [0.15, 0.2) is 35.6 Å². The molecule has 0 aromatic carbocycles. The Bertz CT molecular complexity index is 649. The predicted octanol–water partition coefficient (Wildman–Crippen LogP) is 2.86. The van der Waals surface area contributed by atoms with Crippen molar-refractivity contribution in [3.05, 3.63) is 36.3 Å². The van der Waals surface area contributed by atoms with Gasteiger partial charge < -0.3 is 14.6 Å². The van der Waals surface area contributed by atoms with Crippen LogP contribution in [-0.2, 0) is 6.54 Å². The number of guanidine groups is 1. The molecule has 0 radical (unpaired) electrons. The summed E-state index contributed by atoms with van der Waals surface area (Å²) in [5.74, 6) is 2.10. The lowest BCUT2D eigenvalue weighted by Gasteiger charge is -2.39. The van der Waals surface area contributed by atoms with E-state index in [1.807, 2.05) is 47.6 Å². The number of rotatable bonds is 2. The summed E-state index contributed by atoms with van der Waals surface area (Å²) < 4.78 is 2.32. The molecule has 0 amide bonds. The van der Waals surface area contributed by atoms with Crippen LogP contribution < -0.4 is 5.32 Å². The third-order valence-corrected chi connectivity index (χ3v) is 5.08. The maximum absolute atomic E-state index is 4.62. The standard InChI is InChI=1S/C16H23N5S.HI/c1-16(2)12-21(8-9-22-16)15(17-3)18-10-13-11-20-7-5-4-6-14(20)19-13;/h4-7,11H,8-10,12H2,1-3H3,(H,17,18);1H. The van der Waals surface area contributed by atoms with Gasteiger partial charge in [0.1, 0.15) is 5.65 Å². The molecule has 1 fully saturated rings. The number of fused-ring (bicyclic) bond motifs is 1. The summed E-state index contributed by atoms with van der Waals surface area (Å²) in [7, 11) is 1.85. The molecular formula is C16H24IN5S. The van der Waals surface area contributed by atoms with Crippen LogP contribution in [0.4, 0.5) is 0 Å². The van der Waals surface area contributed by atoms with Gasteiger partial charge in [-0.25, -0.2) is 4.98 Å². The zero-order chi connectivity index (χ0) is 15.6. The van der Waals surface area contributed by atoms with Crippen LogP contribution in [0.5, 0.6) is 0 Å². The molecular weight excluding hydrogens is 421 g/mol. The van der Waals surface area contributed by atoms with Gasteiger partial charge in [-0.15, -0.1) is 24.0 Å². The topological polar surface area (TPSA) is 44.9 Å². The number of halogens is 1. The van der Waals surface area contributed by atoms with Crippen LogP contribution in [0.2, 0.25) is 0 Å². The highest BCUT2D eigenvalue weighted by Crippen LogP contribution is 2.29. The van der Waals surface area contributed by atoms with Crippen LogP contribution in [0.1, 0.15) is 19.5 Å². The summed E-state index contributed by atoms with van der Waals surface area (Å²) in [6.45, 7) is 7.33.